The molecule has 1 N–H and O–H groups in total. The fourth-order valence-electron chi connectivity index (χ4n) is 3.02. The third-order valence-corrected chi connectivity index (χ3v) is 4.75. The van der Waals surface area contributed by atoms with Crippen LogP contribution in [0.2, 0.25) is 5.02 Å². The van der Waals surface area contributed by atoms with E-state index in [2.05, 4.69) is 11.8 Å². The van der Waals surface area contributed by atoms with Crippen LogP contribution >= 0.6 is 11.6 Å². The van der Waals surface area contributed by atoms with Crippen LogP contribution in [0.15, 0.2) is 48.5 Å². The first-order valence-corrected chi connectivity index (χ1v) is 9.32. The lowest BCUT2D eigenvalue weighted by Gasteiger charge is -2.35. The summed E-state index contributed by atoms with van der Waals surface area (Å²) in [6.07, 6.45) is 0.671. The minimum absolute atomic E-state index is 0.235. The number of para-hydroxylation sites is 1. The summed E-state index contributed by atoms with van der Waals surface area (Å²) in [7, 11) is 0. The molecule has 0 aliphatic carbocycles. The van der Waals surface area contributed by atoms with Gasteiger partial charge < -0.3 is 14.7 Å². The van der Waals surface area contributed by atoms with Crippen molar-refractivity contribution in [1.29, 1.82) is 0 Å². The summed E-state index contributed by atoms with van der Waals surface area (Å²) in [4.78, 5) is 25.7. The third kappa shape index (κ3) is 4.92. The number of carbonyl (C=O) groups is 2. The quantitative estimate of drug-likeness (QED) is 0.479. The van der Waals surface area contributed by atoms with Gasteiger partial charge in [0.25, 0.3) is 5.91 Å². The molecule has 0 radical (unpaired) electrons. The summed E-state index contributed by atoms with van der Waals surface area (Å²) in [5.41, 5.74) is -0.100. The molecule has 0 aromatic heterocycles. The summed E-state index contributed by atoms with van der Waals surface area (Å²) in [6.45, 7) is 2.00. The van der Waals surface area contributed by atoms with E-state index in [0.29, 0.717) is 36.5 Å². The van der Waals surface area contributed by atoms with Crippen molar-refractivity contribution in [3.63, 3.8) is 0 Å². The molecule has 2 aromatic rings. The van der Waals surface area contributed by atoms with Gasteiger partial charge >= 0.3 is 5.97 Å². The van der Waals surface area contributed by atoms with Crippen LogP contribution in [-0.2, 0) is 4.79 Å². The number of ether oxygens (including phenoxy) is 1. The van der Waals surface area contributed by atoms with Crippen molar-refractivity contribution in [3.05, 3.63) is 64.7 Å². The number of hydrogen-bond acceptors (Lipinski definition) is 4. The number of amides is 1. The Hall–Kier alpha value is -2.81. The second-order valence-corrected chi connectivity index (χ2v) is 7.11. The average molecular weight is 398 g/mol. The standard InChI is InChI=1S/C22H20ClNO4/c1-16(25)28-20-8-3-2-7-19(20)21(26)24-13-11-22(27,12-14-24)10-9-17-5-4-6-18(23)15-17/h2-8,15,27H,11-14H2,1H3. The highest BCUT2D eigenvalue weighted by Gasteiger charge is 2.33. The molecule has 1 aliphatic rings. The highest BCUT2D eigenvalue weighted by molar-refractivity contribution is 6.30. The molecule has 6 heteroatoms. The maximum Gasteiger partial charge on any atom is 0.308 e. The molecule has 0 atom stereocenters. The Morgan fingerprint density at radius 2 is 1.86 bits per heavy atom. The lowest BCUT2D eigenvalue weighted by molar-refractivity contribution is -0.131. The fourth-order valence-corrected chi connectivity index (χ4v) is 3.21. The normalized spacial score (nSPS) is 15.3. The van der Waals surface area contributed by atoms with Gasteiger partial charge in [-0.15, -0.1) is 0 Å². The van der Waals surface area contributed by atoms with Crippen LogP contribution < -0.4 is 4.74 Å². The van der Waals surface area contributed by atoms with E-state index < -0.39 is 11.6 Å². The van der Waals surface area contributed by atoms with Gasteiger partial charge in [-0.1, -0.05) is 41.6 Å². The first kappa shape index (κ1) is 19.9. The zero-order valence-electron chi connectivity index (χ0n) is 15.4. The van der Waals surface area contributed by atoms with Gasteiger partial charge in [0.15, 0.2) is 0 Å². The molecule has 0 bridgehead atoms. The van der Waals surface area contributed by atoms with E-state index in [1.807, 2.05) is 6.07 Å². The van der Waals surface area contributed by atoms with Gasteiger partial charge in [-0.05, 0) is 30.3 Å². The summed E-state index contributed by atoms with van der Waals surface area (Å²) in [5, 5.41) is 11.3. The molecule has 1 fully saturated rings. The monoisotopic (exact) mass is 397 g/mol. The van der Waals surface area contributed by atoms with Crippen LogP contribution in [0.5, 0.6) is 5.75 Å². The molecule has 0 unspecified atom stereocenters. The molecule has 144 valence electrons. The SMILES string of the molecule is CC(=O)Oc1ccccc1C(=O)N1CCC(O)(C#Cc2cccc(Cl)c2)CC1. The molecule has 1 heterocycles. The number of hydrogen-bond donors (Lipinski definition) is 1. The van der Waals surface area contributed by atoms with Crippen molar-refractivity contribution in [2.75, 3.05) is 13.1 Å². The Kier molecular flexibility index (Phi) is 6.03. The van der Waals surface area contributed by atoms with Crippen molar-refractivity contribution >= 4 is 23.5 Å². The second-order valence-electron chi connectivity index (χ2n) is 6.67. The number of halogens is 1. The minimum Gasteiger partial charge on any atom is -0.426 e. The smallest absolute Gasteiger partial charge is 0.308 e. The Bertz CT molecular complexity index is 952. The summed E-state index contributed by atoms with van der Waals surface area (Å²) < 4.78 is 5.13. The van der Waals surface area contributed by atoms with Crippen LogP contribution in [0.3, 0.4) is 0 Å². The lowest BCUT2D eigenvalue weighted by atomic mass is 9.91. The van der Waals surface area contributed by atoms with Gasteiger partial charge in [0.05, 0.1) is 5.56 Å². The van der Waals surface area contributed by atoms with Gasteiger partial charge in [0.2, 0.25) is 0 Å². The third-order valence-electron chi connectivity index (χ3n) is 4.51. The number of esters is 1. The first-order chi connectivity index (χ1) is 13.4. The summed E-state index contributed by atoms with van der Waals surface area (Å²) in [5.74, 6) is 5.40. The number of carbonyl (C=O) groups excluding carboxylic acids is 2. The van der Waals surface area contributed by atoms with Crippen LogP contribution in [-0.4, -0.2) is 40.6 Å². The highest BCUT2D eigenvalue weighted by Crippen LogP contribution is 2.26. The number of piperidine rings is 1. The maximum atomic E-state index is 12.8. The van der Waals surface area contributed by atoms with E-state index in [-0.39, 0.29) is 11.7 Å². The molecule has 1 aliphatic heterocycles. The van der Waals surface area contributed by atoms with Crippen molar-refractivity contribution < 1.29 is 19.4 Å². The van der Waals surface area contributed by atoms with Crippen molar-refractivity contribution in [3.8, 4) is 17.6 Å². The van der Waals surface area contributed by atoms with E-state index in [9.17, 15) is 14.7 Å². The van der Waals surface area contributed by atoms with Gasteiger partial charge in [-0.3, -0.25) is 9.59 Å². The van der Waals surface area contributed by atoms with E-state index >= 15 is 0 Å². The number of likely N-dealkylation sites (tertiary alicyclic amines) is 1. The average Bonchev–Trinajstić information content (AvgIpc) is 2.67. The van der Waals surface area contributed by atoms with E-state index in [1.54, 1.807) is 47.4 Å². The topological polar surface area (TPSA) is 66.8 Å². The Morgan fingerprint density at radius 3 is 2.54 bits per heavy atom. The van der Waals surface area contributed by atoms with Gasteiger partial charge in [-0.2, -0.15) is 0 Å². The first-order valence-electron chi connectivity index (χ1n) is 8.94. The van der Waals surface area contributed by atoms with Crippen LogP contribution in [0.1, 0.15) is 35.7 Å². The predicted molar refractivity (Wildman–Crippen MR) is 106 cm³/mol. The Morgan fingerprint density at radius 1 is 1.14 bits per heavy atom. The Labute approximate surface area is 168 Å². The molecular formula is C22H20ClNO4. The number of aliphatic hydroxyl groups is 1. The van der Waals surface area contributed by atoms with E-state index in [1.165, 1.54) is 6.92 Å². The highest BCUT2D eigenvalue weighted by atomic mass is 35.5. The zero-order chi connectivity index (χ0) is 20.1. The predicted octanol–water partition coefficient (Wildman–Crippen LogP) is 3.28. The number of nitrogens with zero attached hydrogens (tertiary/aromatic N) is 1. The zero-order valence-corrected chi connectivity index (χ0v) is 16.2. The van der Waals surface area contributed by atoms with E-state index in [0.717, 1.165) is 5.56 Å². The van der Waals surface area contributed by atoms with Crippen LogP contribution in [0.25, 0.3) is 0 Å². The molecule has 3 rings (SSSR count). The van der Waals surface area contributed by atoms with Gasteiger partial charge in [0, 0.05) is 43.4 Å². The number of benzene rings is 2. The van der Waals surface area contributed by atoms with Crippen molar-refractivity contribution in [2.45, 2.75) is 25.4 Å². The molecular weight excluding hydrogens is 378 g/mol. The molecule has 1 saturated heterocycles. The molecule has 1 amide bonds. The molecule has 28 heavy (non-hydrogen) atoms. The lowest BCUT2D eigenvalue weighted by Crippen LogP contribution is -2.46. The maximum absolute atomic E-state index is 12.8. The Balaban J connectivity index is 1.69. The summed E-state index contributed by atoms with van der Waals surface area (Å²) >= 11 is 5.95. The fraction of sp³-hybridized carbons (Fsp3) is 0.273. The van der Waals surface area contributed by atoms with Gasteiger partial charge in [0.1, 0.15) is 11.4 Å². The van der Waals surface area contributed by atoms with Crippen LogP contribution in [0.4, 0.5) is 0 Å². The largest absolute Gasteiger partial charge is 0.426 e. The molecule has 0 spiro atoms. The van der Waals surface area contributed by atoms with Gasteiger partial charge in [-0.25, -0.2) is 0 Å². The van der Waals surface area contributed by atoms with Crippen LogP contribution in [0, 0.1) is 11.8 Å². The summed E-state index contributed by atoms with van der Waals surface area (Å²) in [6, 6.07) is 13.8. The molecule has 5 nitrogen and oxygen atoms in total. The number of rotatable bonds is 2. The van der Waals surface area contributed by atoms with Crippen molar-refractivity contribution in [2.24, 2.45) is 0 Å². The van der Waals surface area contributed by atoms with Crippen molar-refractivity contribution in [1.82, 2.24) is 4.90 Å². The second kappa shape index (κ2) is 8.47. The van der Waals surface area contributed by atoms with E-state index in [4.69, 9.17) is 16.3 Å². The molecule has 0 saturated carbocycles. The molecule has 2 aromatic carbocycles. The minimum atomic E-state index is -1.16.